The van der Waals surface area contributed by atoms with Crippen molar-refractivity contribution >= 4 is 16.8 Å². The average Bonchev–Trinajstić information content (AvgIpc) is 2.69. The summed E-state index contributed by atoms with van der Waals surface area (Å²) in [6.07, 6.45) is 4.58. The van der Waals surface area contributed by atoms with Crippen LogP contribution in [0.3, 0.4) is 0 Å². The second-order valence-electron chi connectivity index (χ2n) is 7.69. The number of benzene rings is 2. The number of carbonyl (C=O) groups is 1. The first-order valence-electron chi connectivity index (χ1n) is 10.3. The zero-order valence-electron chi connectivity index (χ0n) is 17.4. The van der Waals surface area contributed by atoms with Crippen LogP contribution in [0.15, 0.2) is 42.5 Å². The highest BCUT2D eigenvalue weighted by Gasteiger charge is 2.14. The minimum atomic E-state index is -0.0143. The molecule has 0 spiro atoms. The predicted molar refractivity (Wildman–Crippen MR) is 118 cm³/mol. The SMILES string of the molecule is CCCCCCNC(=O)c1cc(-c2ccc(C)c(C)c2)nc2ccc(C)cc12. The number of nitrogens with zero attached hydrogens (tertiary/aromatic N) is 1. The summed E-state index contributed by atoms with van der Waals surface area (Å²) >= 11 is 0. The van der Waals surface area contributed by atoms with E-state index >= 15 is 0 Å². The van der Waals surface area contributed by atoms with E-state index in [1.54, 1.807) is 0 Å². The number of hydrogen-bond donors (Lipinski definition) is 1. The van der Waals surface area contributed by atoms with Crippen LogP contribution in [0.2, 0.25) is 0 Å². The van der Waals surface area contributed by atoms with Gasteiger partial charge in [-0.3, -0.25) is 4.79 Å². The molecule has 0 saturated heterocycles. The van der Waals surface area contributed by atoms with Gasteiger partial charge in [0.05, 0.1) is 16.8 Å². The number of fused-ring (bicyclic) bond motifs is 1. The normalized spacial score (nSPS) is 11.0. The second-order valence-corrected chi connectivity index (χ2v) is 7.69. The Hall–Kier alpha value is -2.68. The van der Waals surface area contributed by atoms with E-state index in [2.05, 4.69) is 50.4 Å². The van der Waals surface area contributed by atoms with Gasteiger partial charge in [-0.25, -0.2) is 4.98 Å². The van der Waals surface area contributed by atoms with Gasteiger partial charge in [0.25, 0.3) is 5.91 Å². The fourth-order valence-electron chi connectivity index (χ4n) is 3.43. The first-order valence-corrected chi connectivity index (χ1v) is 10.3. The quantitative estimate of drug-likeness (QED) is 0.505. The van der Waals surface area contributed by atoms with E-state index in [1.165, 1.54) is 24.0 Å². The maximum Gasteiger partial charge on any atom is 0.252 e. The first kappa shape index (κ1) is 20.1. The van der Waals surface area contributed by atoms with Crippen LogP contribution >= 0.6 is 0 Å². The molecule has 0 aliphatic carbocycles. The Kier molecular flexibility index (Phi) is 6.45. The lowest BCUT2D eigenvalue weighted by atomic mass is 9.99. The molecule has 3 aromatic rings. The third-order valence-corrected chi connectivity index (χ3v) is 5.33. The summed E-state index contributed by atoms with van der Waals surface area (Å²) in [5, 5.41) is 4.02. The van der Waals surface area contributed by atoms with E-state index in [9.17, 15) is 4.79 Å². The fourth-order valence-corrected chi connectivity index (χ4v) is 3.43. The first-order chi connectivity index (χ1) is 13.5. The molecule has 28 heavy (non-hydrogen) atoms. The van der Waals surface area contributed by atoms with Crippen molar-refractivity contribution < 1.29 is 4.79 Å². The molecule has 2 aromatic carbocycles. The summed E-state index contributed by atoms with van der Waals surface area (Å²) in [4.78, 5) is 17.8. The molecular weight excluding hydrogens is 344 g/mol. The molecule has 1 amide bonds. The maximum absolute atomic E-state index is 13.0. The van der Waals surface area contributed by atoms with E-state index in [0.717, 1.165) is 40.6 Å². The van der Waals surface area contributed by atoms with Crippen LogP contribution in [0.1, 0.15) is 59.7 Å². The Labute approximate surface area is 168 Å². The Bertz CT molecular complexity index is 991. The molecular formula is C25H30N2O. The number of pyridine rings is 1. The molecule has 0 bridgehead atoms. The van der Waals surface area contributed by atoms with Gasteiger partial charge in [-0.2, -0.15) is 0 Å². The third kappa shape index (κ3) is 4.59. The van der Waals surface area contributed by atoms with E-state index in [4.69, 9.17) is 4.98 Å². The van der Waals surface area contributed by atoms with Gasteiger partial charge in [-0.05, 0) is 62.6 Å². The van der Waals surface area contributed by atoms with Gasteiger partial charge in [0.2, 0.25) is 0 Å². The van der Waals surface area contributed by atoms with E-state index in [-0.39, 0.29) is 5.91 Å². The molecule has 0 radical (unpaired) electrons. The van der Waals surface area contributed by atoms with Gasteiger partial charge in [0, 0.05) is 17.5 Å². The molecule has 146 valence electrons. The molecule has 1 N–H and O–H groups in total. The second kappa shape index (κ2) is 9.01. The van der Waals surface area contributed by atoms with Crippen LogP contribution in [-0.2, 0) is 0 Å². The lowest BCUT2D eigenvalue weighted by Crippen LogP contribution is -2.24. The largest absolute Gasteiger partial charge is 0.352 e. The Balaban J connectivity index is 1.97. The molecule has 0 atom stereocenters. The highest BCUT2D eigenvalue weighted by molar-refractivity contribution is 6.07. The Morgan fingerprint density at radius 2 is 1.75 bits per heavy atom. The van der Waals surface area contributed by atoms with Gasteiger partial charge in [0.1, 0.15) is 0 Å². The molecule has 3 rings (SSSR count). The molecule has 0 unspecified atom stereocenters. The van der Waals surface area contributed by atoms with Crippen molar-refractivity contribution in [2.45, 2.75) is 53.4 Å². The molecule has 3 heteroatoms. The summed E-state index contributed by atoms with van der Waals surface area (Å²) < 4.78 is 0. The van der Waals surface area contributed by atoms with Crippen molar-refractivity contribution in [3.05, 3.63) is 64.7 Å². The van der Waals surface area contributed by atoms with E-state index < -0.39 is 0 Å². The Morgan fingerprint density at radius 1 is 0.929 bits per heavy atom. The molecule has 0 aliphatic heterocycles. The van der Waals surface area contributed by atoms with Gasteiger partial charge < -0.3 is 5.32 Å². The maximum atomic E-state index is 13.0. The molecule has 0 aliphatic rings. The van der Waals surface area contributed by atoms with Crippen molar-refractivity contribution in [1.29, 1.82) is 0 Å². The zero-order valence-corrected chi connectivity index (χ0v) is 17.4. The number of aromatic nitrogens is 1. The summed E-state index contributed by atoms with van der Waals surface area (Å²) in [5.41, 5.74) is 7.06. The van der Waals surface area contributed by atoms with Crippen LogP contribution < -0.4 is 5.32 Å². The molecule has 0 fully saturated rings. The number of carbonyl (C=O) groups excluding carboxylic acids is 1. The molecule has 0 saturated carbocycles. The molecule has 3 nitrogen and oxygen atoms in total. The number of hydrogen-bond acceptors (Lipinski definition) is 2. The van der Waals surface area contributed by atoms with E-state index in [1.807, 2.05) is 25.1 Å². The Morgan fingerprint density at radius 3 is 2.50 bits per heavy atom. The number of aryl methyl sites for hydroxylation is 3. The van der Waals surface area contributed by atoms with E-state index in [0.29, 0.717) is 12.1 Å². The minimum absolute atomic E-state index is 0.0143. The van der Waals surface area contributed by atoms with Gasteiger partial charge >= 0.3 is 0 Å². The van der Waals surface area contributed by atoms with Crippen LogP contribution in [0.5, 0.6) is 0 Å². The summed E-state index contributed by atoms with van der Waals surface area (Å²) in [6, 6.07) is 14.4. The highest BCUT2D eigenvalue weighted by atomic mass is 16.1. The van der Waals surface area contributed by atoms with Crippen molar-refractivity contribution in [3.63, 3.8) is 0 Å². The lowest BCUT2D eigenvalue weighted by Gasteiger charge is -2.12. The van der Waals surface area contributed by atoms with Crippen LogP contribution in [0, 0.1) is 20.8 Å². The number of nitrogens with one attached hydrogen (secondary N) is 1. The summed E-state index contributed by atoms with van der Waals surface area (Å²) in [7, 11) is 0. The average molecular weight is 375 g/mol. The number of amides is 1. The zero-order chi connectivity index (χ0) is 20.1. The third-order valence-electron chi connectivity index (χ3n) is 5.33. The number of unbranched alkanes of at least 4 members (excludes halogenated alkanes) is 3. The monoisotopic (exact) mass is 374 g/mol. The van der Waals surface area contributed by atoms with Crippen LogP contribution in [0.25, 0.3) is 22.2 Å². The minimum Gasteiger partial charge on any atom is -0.352 e. The highest BCUT2D eigenvalue weighted by Crippen LogP contribution is 2.27. The molecule has 1 aromatic heterocycles. The lowest BCUT2D eigenvalue weighted by molar-refractivity contribution is 0.0954. The van der Waals surface area contributed by atoms with Gasteiger partial charge in [0.15, 0.2) is 0 Å². The topological polar surface area (TPSA) is 42.0 Å². The predicted octanol–water partition coefficient (Wildman–Crippen LogP) is 6.14. The fraction of sp³-hybridized carbons (Fsp3) is 0.360. The van der Waals surface area contributed by atoms with Gasteiger partial charge in [-0.1, -0.05) is 49.9 Å². The summed E-state index contributed by atoms with van der Waals surface area (Å²) in [6.45, 7) is 9.16. The molecule has 1 heterocycles. The van der Waals surface area contributed by atoms with Crippen molar-refractivity contribution in [1.82, 2.24) is 10.3 Å². The van der Waals surface area contributed by atoms with Crippen LogP contribution in [0.4, 0.5) is 0 Å². The number of rotatable bonds is 7. The van der Waals surface area contributed by atoms with Gasteiger partial charge in [-0.15, -0.1) is 0 Å². The summed E-state index contributed by atoms with van der Waals surface area (Å²) in [5.74, 6) is -0.0143. The standard InChI is InChI=1S/C25H30N2O/c1-5-6-7-8-13-26-25(28)22-16-24(20-11-10-18(3)19(4)15-20)27-23-12-9-17(2)14-21(22)23/h9-12,14-16H,5-8,13H2,1-4H3,(H,26,28). The van der Waals surface area contributed by atoms with Crippen molar-refractivity contribution in [2.75, 3.05) is 6.54 Å². The van der Waals surface area contributed by atoms with Crippen molar-refractivity contribution in [3.8, 4) is 11.3 Å². The van der Waals surface area contributed by atoms with Crippen LogP contribution in [-0.4, -0.2) is 17.4 Å². The smallest absolute Gasteiger partial charge is 0.252 e. The van der Waals surface area contributed by atoms with Crippen molar-refractivity contribution in [2.24, 2.45) is 0 Å².